The lowest BCUT2D eigenvalue weighted by Gasteiger charge is -2.09. The minimum Gasteiger partial charge on any atom is -0.403 e. The number of amides is 1. The molecule has 7 nitrogen and oxygen atoms in total. The Morgan fingerprint density at radius 2 is 2.37 bits per heavy atom. The highest BCUT2D eigenvalue weighted by Gasteiger charge is 2.33. The molecular weight excluding hydrogens is 248 g/mol. The van der Waals surface area contributed by atoms with Gasteiger partial charge in [0.25, 0.3) is 5.89 Å². The van der Waals surface area contributed by atoms with Crippen molar-refractivity contribution < 1.29 is 14.3 Å². The maximum atomic E-state index is 11.8. The second-order valence-corrected chi connectivity index (χ2v) is 4.39. The van der Waals surface area contributed by atoms with Crippen LogP contribution in [0, 0.1) is 5.92 Å². The monoisotopic (exact) mass is 260 g/mol. The smallest absolute Gasteiger partial charge is 0.325 e. The van der Waals surface area contributed by atoms with Crippen LogP contribution in [0.5, 0.6) is 0 Å². The third-order valence-electron chi connectivity index (χ3n) is 3.02. The van der Waals surface area contributed by atoms with Crippen LogP contribution in [0.25, 0.3) is 11.5 Å². The van der Waals surface area contributed by atoms with E-state index in [1.54, 1.807) is 24.5 Å². The molecule has 1 amide bonds. The van der Waals surface area contributed by atoms with Crippen molar-refractivity contribution in [2.24, 2.45) is 5.92 Å². The molecule has 1 aliphatic heterocycles. The Balaban J connectivity index is 1.84. The number of aliphatic hydroxyl groups is 1. The number of aromatic nitrogens is 3. The molecule has 2 aromatic rings. The normalized spacial score (nSPS) is 19.1. The van der Waals surface area contributed by atoms with E-state index in [9.17, 15) is 4.79 Å². The largest absolute Gasteiger partial charge is 0.403 e. The Morgan fingerprint density at radius 1 is 1.47 bits per heavy atom. The van der Waals surface area contributed by atoms with Gasteiger partial charge in [0, 0.05) is 37.9 Å². The average Bonchev–Trinajstić information content (AvgIpc) is 3.06. The summed E-state index contributed by atoms with van der Waals surface area (Å²) in [5.74, 6) is 0.144. The second kappa shape index (κ2) is 4.77. The third-order valence-corrected chi connectivity index (χ3v) is 3.02. The minimum absolute atomic E-state index is 0.0220. The summed E-state index contributed by atoms with van der Waals surface area (Å²) in [6, 6.07) is 3.73. The Kier molecular flexibility index (Phi) is 2.96. The van der Waals surface area contributed by atoms with E-state index in [4.69, 9.17) is 9.52 Å². The molecule has 3 heterocycles. The lowest BCUT2D eigenvalue weighted by molar-refractivity contribution is -0.117. The number of carbonyl (C=O) groups is 1. The summed E-state index contributed by atoms with van der Waals surface area (Å²) >= 11 is 0. The standard InChI is InChI=1S/C12H12N4O3/c17-7-8-4-10(18)16(6-8)12-15-14-11(19-12)9-2-1-3-13-5-9/h1-3,5,8,17H,4,6-7H2. The highest BCUT2D eigenvalue weighted by molar-refractivity contribution is 5.93. The molecule has 19 heavy (non-hydrogen) atoms. The van der Waals surface area contributed by atoms with E-state index in [0.29, 0.717) is 24.4 Å². The number of carbonyl (C=O) groups excluding carboxylic acids is 1. The molecule has 98 valence electrons. The quantitative estimate of drug-likeness (QED) is 0.862. The van der Waals surface area contributed by atoms with Gasteiger partial charge in [-0.25, -0.2) is 0 Å². The molecule has 1 unspecified atom stereocenters. The van der Waals surface area contributed by atoms with E-state index >= 15 is 0 Å². The van der Waals surface area contributed by atoms with Gasteiger partial charge in [0.2, 0.25) is 5.91 Å². The van der Waals surface area contributed by atoms with Crippen molar-refractivity contribution in [3.63, 3.8) is 0 Å². The highest BCUT2D eigenvalue weighted by Crippen LogP contribution is 2.26. The zero-order valence-electron chi connectivity index (χ0n) is 10.1. The molecule has 1 aliphatic rings. The number of anilines is 1. The number of nitrogens with zero attached hydrogens (tertiary/aromatic N) is 4. The maximum Gasteiger partial charge on any atom is 0.325 e. The third kappa shape index (κ3) is 2.19. The van der Waals surface area contributed by atoms with E-state index in [0.717, 1.165) is 0 Å². The van der Waals surface area contributed by atoms with Crippen molar-refractivity contribution in [3.05, 3.63) is 24.5 Å². The molecule has 0 radical (unpaired) electrons. The van der Waals surface area contributed by atoms with Crippen LogP contribution in [0.15, 0.2) is 28.9 Å². The van der Waals surface area contributed by atoms with Crippen LogP contribution < -0.4 is 4.90 Å². The molecule has 1 N–H and O–H groups in total. The van der Waals surface area contributed by atoms with Crippen molar-refractivity contribution in [3.8, 4) is 11.5 Å². The topological polar surface area (TPSA) is 92.3 Å². The fourth-order valence-electron chi connectivity index (χ4n) is 2.02. The molecule has 1 saturated heterocycles. The van der Waals surface area contributed by atoms with Crippen molar-refractivity contribution in [2.45, 2.75) is 6.42 Å². The van der Waals surface area contributed by atoms with Gasteiger partial charge in [-0.15, -0.1) is 5.10 Å². The lowest BCUT2D eigenvalue weighted by Crippen LogP contribution is -2.25. The number of aliphatic hydroxyl groups excluding tert-OH is 1. The van der Waals surface area contributed by atoms with E-state index in [-0.39, 0.29) is 24.4 Å². The van der Waals surface area contributed by atoms with Gasteiger partial charge in [-0.3, -0.25) is 14.7 Å². The maximum absolute atomic E-state index is 11.8. The predicted molar refractivity (Wildman–Crippen MR) is 65.1 cm³/mol. The summed E-state index contributed by atoms with van der Waals surface area (Å²) in [7, 11) is 0. The molecule has 0 bridgehead atoms. The van der Waals surface area contributed by atoms with Crippen LogP contribution in [-0.4, -0.2) is 39.3 Å². The summed E-state index contributed by atoms with van der Waals surface area (Å²) in [6.07, 6.45) is 3.57. The Hall–Kier alpha value is -2.28. The number of pyridine rings is 1. The molecule has 2 aromatic heterocycles. The molecule has 1 atom stereocenters. The zero-order chi connectivity index (χ0) is 13.2. The second-order valence-electron chi connectivity index (χ2n) is 4.39. The van der Waals surface area contributed by atoms with Crippen molar-refractivity contribution >= 4 is 11.9 Å². The Bertz CT molecular complexity index is 584. The summed E-state index contributed by atoms with van der Waals surface area (Å²) in [5.41, 5.74) is 0.701. The van der Waals surface area contributed by atoms with Crippen LogP contribution in [-0.2, 0) is 4.79 Å². The van der Waals surface area contributed by atoms with Gasteiger partial charge in [-0.1, -0.05) is 5.10 Å². The van der Waals surface area contributed by atoms with Crippen LogP contribution in [0.3, 0.4) is 0 Å². The Labute approximate surface area is 108 Å². The van der Waals surface area contributed by atoms with Crippen molar-refractivity contribution in [1.82, 2.24) is 15.2 Å². The van der Waals surface area contributed by atoms with Gasteiger partial charge < -0.3 is 9.52 Å². The molecular formula is C12H12N4O3. The van der Waals surface area contributed by atoms with Gasteiger partial charge in [-0.2, -0.15) is 0 Å². The average molecular weight is 260 g/mol. The first-order valence-corrected chi connectivity index (χ1v) is 5.93. The van der Waals surface area contributed by atoms with Crippen LogP contribution in [0.2, 0.25) is 0 Å². The molecule has 0 aliphatic carbocycles. The van der Waals surface area contributed by atoms with Gasteiger partial charge >= 0.3 is 6.01 Å². The molecule has 3 rings (SSSR count). The van der Waals surface area contributed by atoms with E-state index in [2.05, 4.69) is 15.2 Å². The van der Waals surface area contributed by atoms with E-state index in [1.165, 1.54) is 4.90 Å². The SMILES string of the molecule is O=C1CC(CO)CN1c1nnc(-c2cccnc2)o1. The zero-order valence-corrected chi connectivity index (χ0v) is 10.1. The molecule has 0 saturated carbocycles. The number of hydrogen-bond donors (Lipinski definition) is 1. The molecule has 7 heteroatoms. The number of hydrogen-bond acceptors (Lipinski definition) is 6. The number of rotatable bonds is 3. The predicted octanol–water partition coefficient (Wildman–Crippen LogP) is 0.477. The fraction of sp³-hybridized carbons (Fsp3) is 0.333. The van der Waals surface area contributed by atoms with Gasteiger partial charge in [0.1, 0.15) is 0 Å². The summed E-state index contributed by atoms with van der Waals surface area (Å²) < 4.78 is 5.48. The minimum atomic E-state index is -0.111. The van der Waals surface area contributed by atoms with Crippen molar-refractivity contribution in [2.75, 3.05) is 18.1 Å². The fourth-order valence-corrected chi connectivity index (χ4v) is 2.02. The summed E-state index contributed by atoms with van der Waals surface area (Å²) in [4.78, 5) is 17.1. The van der Waals surface area contributed by atoms with Gasteiger partial charge in [-0.05, 0) is 12.1 Å². The summed E-state index contributed by atoms with van der Waals surface area (Å²) in [5, 5.41) is 16.9. The highest BCUT2D eigenvalue weighted by atomic mass is 16.4. The van der Waals surface area contributed by atoms with E-state index in [1.807, 2.05) is 0 Å². The van der Waals surface area contributed by atoms with Crippen LogP contribution in [0.4, 0.5) is 6.01 Å². The lowest BCUT2D eigenvalue weighted by atomic mass is 10.1. The first-order chi connectivity index (χ1) is 9.28. The van der Waals surface area contributed by atoms with Crippen molar-refractivity contribution in [1.29, 1.82) is 0 Å². The molecule has 0 aromatic carbocycles. The van der Waals surface area contributed by atoms with E-state index < -0.39 is 0 Å². The molecule has 1 fully saturated rings. The van der Waals surface area contributed by atoms with Gasteiger partial charge in [0.05, 0.1) is 5.56 Å². The Morgan fingerprint density at radius 3 is 3.05 bits per heavy atom. The van der Waals surface area contributed by atoms with Crippen LogP contribution >= 0.6 is 0 Å². The first kappa shape index (κ1) is 11.8. The first-order valence-electron chi connectivity index (χ1n) is 5.93. The van der Waals surface area contributed by atoms with Crippen LogP contribution in [0.1, 0.15) is 6.42 Å². The van der Waals surface area contributed by atoms with Gasteiger partial charge in [0.15, 0.2) is 0 Å². The molecule has 0 spiro atoms. The summed E-state index contributed by atoms with van der Waals surface area (Å²) in [6.45, 7) is 0.385.